The highest BCUT2D eigenvalue weighted by atomic mass is 19.1. The van der Waals surface area contributed by atoms with Gasteiger partial charge in [-0.2, -0.15) is 0 Å². The fourth-order valence-corrected chi connectivity index (χ4v) is 3.05. The third-order valence-electron chi connectivity index (χ3n) is 4.53. The Kier molecular flexibility index (Phi) is 5.95. The van der Waals surface area contributed by atoms with Crippen molar-refractivity contribution in [3.63, 3.8) is 0 Å². The van der Waals surface area contributed by atoms with Crippen molar-refractivity contribution >= 4 is 5.91 Å². The molecule has 4 heteroatoms. The van der Waals surface area contributed by atoms with Crippen LogP contribution >= 0.6 is 0 Å². The van der Waals surface area contributed by atoms with Crippen molar-refractivity contribution in [1.82, 2.24) is 10.6 Å². The molecule has 1 aromatic rings. The number of amides is 1. The molecule has 0 saturated carbocycles. The van der Waals surface area contributed by atoms with E-state index in [1.165, 1.54) is 6.07 Å². The highest BCUT2D eigenvalue weighted by Gasteiger charge is 2.27. The summed E-state index contributed by atoms with van der Waals surface area (Å²) in [4.78, 5) is 12.1. The Labute approximate surface area is 132 Å². The Balaban J connectivity index is 1.74. The SMILES string of the molecule is CC(CC(=O)NCC1(C)CCNCC1)Cc1cccc(F)c1. The number of carbonyl (C=O) groups is 1. The summed E-state index contributed by atoms with van der Waals surface area (Å²) < 4.78 is 13.2. The van der Waals surface area contributed by atoms with Gasteiger partial charge in [-0.05, 0) is 61.4 Å². The van der Waals surface area contributed by atoms with Gasteiger partial charge in [0.2, 0.25) is 5.91 Å². The summed E-state index contributed by atoms with van der Waals surface area (Å²) in [6.45, 7) is 7.09. The predicted octanol–water partition coefficient (Wildman–Crippen LogP) is 2.90. The van der Waals surface area contributed by atoms with Gasteiger partial charge >= 0.3 is 0 Å². The summed E-state index contributed by atoms with van der Waals surface area (Å²) in [5, 5.41) is 6.43. The van der Waals surface area contributed by atoms with E-state index in [2.05, 4.69) is 17.6 Å². The van der Waals surface area contributed by atoms with Crippen molar-refractivity contribution < 1.29 is 9.18 Å². The van der Waals surface area contributed by atoms with E-state index in [9.17, 15) is 9.18 Å². The molecule has 0 bridgehead atoms. The number of nitrogens with one attached hydrogen (secondary N) is 2. The van der Waals surface area contributed by atoms with E-state index in [1.807, 2.05) is 13.0 Å². The van der Waals surface area contributed by atoms with Crippen LogP contribution in [0.15, 0.2) is 24.3 Å². The highest BCUT2D eigenvalue weighted by molar-refractivity contribution is 5.76. The van der Waals surface area contributed by atoms with Crippen molar-refractivity contribution in [2.45, 2.75) is 39.5 Å². The van der Waals surface area contributed by atoms with Gasteiger partial charge in [-0.15, -0.1) is 0 Å². The standard InChI is InChI=1S/C18H27FN2O/c1-14(10-15-4-3-5-16(19)12-15)11-17(22)21-13-18(2)6-8-20-9-7-18/h3-5,12,14,20H,6-11,13H2,1-2H3,(H,21,22). The second-order valence-corrected chi connectivity index (χ2v) is 6.98. The molecule has 1 aliphatic heterocycles. The Bertz CT molecular complexity index is 498. The zero-order valence-corrected chi connectivity index (χ0v) is 13.6. The lowest BCUT2D eigenvalue weighted by molar-refractivity contribution is -0.122. The molecule has 3 nitrogen and oxygen atoms in total. The molecule has 0 aliphatic carbocycles. The molecule has 2 N–H and O–H groups in total. The summed E-state index contributed by atoms with van der Waals surface area (Å²) in [7, 11) is 0. The van der Waals surface area contributed by atoms with Crippen LogP contribution in [-0.4, -0.2) is 25.5 Å². The fourth-order valence-electron chi connectivity index (χ4n) is 3.05. The van der Waals surface area contributed by atoms with Crippen molar-refractivity contribution in [2.75, 3.05) is 19.6 Å². The zero-order valence-electron chi connectivity index (χ0n) is 13.6. The summed E-state index contributed by atoms with van der Waals surface area (Å²) in [5.41, 5.74) is 1.16. The van der Waals surface area contributed by atoms with Gasteiger partial charge < -0.3 is 10.6 Å². The molecule has 0 radical (unpaired) electrons. The topological polar surface area (TPSA) is 41.1 Å². The van der Waals surface area contributed by atoms with Gasteiger partial charge in [0.05, 0.1) is 0 Å². The number of rotatable bonds is 6. The normalized spacial score (nSPS) is 18.7. The van der Waals surface area contributed by atoms with Gasteiger partial charge in [-0.1, -0.05) is 26.0 Å². The number of halogens is 1. The van der Waals surface area contributed by atoms with E-state index in [-0.39, 0.29) is 23.1 Å². The second kappa shape index (κ2) is 7.73. The van der Waals surface area contributed by atoms with E-state index >= 15 is 0 Å². The Morgan fingerprint density at radius 2 is 2.14 bits per heavy atom. The smallest absolute Gasteiger partial charge is 0.220 e. The number of carbonyl (C=O) groups excluding carboxylic acids is 1. The van der Waals surface area contributed by atoms with Crippen LogP contribution in [-0.2, 0) is 11.2 Å². The quantitative estimate of drug-likeness (QED) is 0.848. The monoisotopic (exact) mass is 306 g/mol. The van der Waals surface area contributed by atoms with Crippen molar-refractivity contribution in [3.8, 4) is 0 Å². The molecule has 2 rings (SSSR count). The largest absolute Gasteiger partial charge is 0.356 e. The Morgan fingerprint density at radius 3 is 2.82 bits per heavy atom. The fraction of sp³-hybridized carbons (Fsp3) is 0.611. The molecule has 1 fully saturated rings. The summed E-state index contributed by atoms with van der Waals surface area (Å²) >= 11 is 0. The minimum atomic E-state index is -0.215. The molecule has 0 spiro atoms. The first-order valence-corrected chi connectivity index (χ1v) is 8.19. The number of hydrogen-bond donors (Lipinski definition) is 2. The van der Waals surface area contributed by atoms with Crippen molar-refractivity contribution in [1.29, 1.82) is 0 Å². The lowest BCUT2D eigenvalue weighted by Crippen LogP contribution is -2.43. The van der Waals surface area contributed by atoms with Crippen LogP contribution in [0, 0.1) is 17.2 Å². The third kappa shape index (κ3) is 5.41. The van der Waals surface area contributed by atoms with Gasteiger partial charge in [0.25, 0.3) is 0 Å². The third-order valence-corrected chi connectivity index (χ3v) is 4.53. The van der Waals surface area contributed by atoms with Gasteiger partial charge in [-0.3, -0.25) is 4.79 Å². The molecule has 1 saturated heterocycles. The lowest BCUT2D eigenvalue weighted by Gasteiger charge is -2.34. The van der Waals surface area contributed by atoms with Crippen molar-refractivity contribution in [2.24, 2.45) is 11.3 Å². The molecular formula is C18H27FN2O. The molecule has 122 valence electrons. The summed E-state index contributed by atoms with van der Waals surface area (Å²) in [6.07, 6.45) is 3.43. The van der Waals surface area contributed by atoms with Crippen molar-refractivity contribution in [3.05, 3.63) is 35.6 Å². The van der Waals surface area contributed by atoms with E-state index < -0.39 is 0 Å². The molecule has 0 aromatic heterocycles. The second-order valence-electron chi connectivity index (χ2n) is 6.98. The molecule has 22 heavy (non-hydrogen) atoms. The maximum absolute atomic E-state index is 13.2. The maximum Gasteiger partial charge on any atom is 0.220 e. The minimum absolute atomic E-state index is 0.101. The van der Waals surface area contributed by atoms with E-state index in [4.69, 9.17) is 0 Å². The molecule has 1 heterocycles. The zero-order chi connectivity index (χ0) is 16.0. The van der Waals surface area contributed by atoms with Crippen LogP contribution in [0.3, 0.4) is 0 Å². The first-order valence-electron chi connectivity index (χ1n) is 8.19. The molecule has 1 aromatic carbocycles. The van der Waals surface area contributed by atoms with Crippen LogP contribution in [0.2, 0.25) is 0 Å². The molecular weight excluding hydrogens is 279 g/mol. The Morgan fingerprint density at radius 1 is 1.41 bits per heavy atom. The number of hydrogen-bond acceptors (Lipinski definition) is 2. The summed E-state index contributed by atoms with van der Waals surface area (Å²) in [5.74, 6) is 0.0965. The predicted molar refractivity (Wildman–Crippen MR) is 87.1 cm³/mol. The van der Waals surface area contributed by atoms with Crippen LogP contribution < -0.4 is 10.6 Å². The van der Waals surface area contributed by atoms with Crippen LogP contribution in [0.5, 0.6) is 0 Å². The van der Waals surface area contributed by atoms with Crippen LogP contribution in [0.25, 0.3) is 0 Å². The average molecular weight is 306 g/mol. The van der Waals surface area contributed by atoms with Crippen LogP contribution in [0.4, 0.5) is 4.39 Å². The van der Waals surface area contributed by atoms with Gasteiger partial charge in [0.1, 0.15) is 5.82 Å². The molecule has 1 atom stereocenters. The maximum atomic E-state index is 13.2. The van der Waals surface area contributed by atoms with Gasteiger partial charge in [0, 0.05) is 13.0 Å². The van der Waals surface area contributed by atoms with Gasteiger partial charge in [0.15, 0.2) is 0 Å². The molecule has 1 unspecified atom stereocenters. The van der Waals surface area contributed by atoms with Gasteiger partial charge in [-0.25, -0.2) is 4.39 Å². The first-order chi connectivity index (χ1) is 10.5. The van der Waals surface area contributed by atoms with E-state index in [1.54, 1.807) is 12.1 Å². The minimum Gasteiger partial charge on any atom is -0.356 e. The lowest BCUT2D eigenvalue weighted by atomic mass is 9.81. The first kappa shape index (κ1) is 16.9. The molecule has 1 aliphatic rings. The average Bonchev–Trinajstić information content (AvgIpc) is 2.46. The van der Waals surface area contributed by atoms with Crippen LogP contribution in [0.1, 0.15) is 38.7 Å². The highest BCUT2D eigenvalue weighted by Crippen LogP contribution is 2.26. The van der Waals surface area contributed by atoms with E-state index in [0.717, 1.165) is 44.5 Å². The van der Waals surface area contributed by atoms with E-state index in [0.29, 0.717) is 6.42 Å². The number of benzene rings is 1. The Hall–Kier alpha value is -1.42. The molecule has 1 amide bonds. The summed E-state index contributed by atoms with van der Waals surface area (Å²) in [6, 6.07) is 6.62. The number of piperidine rings is 1.